The van der Waals surface area contributed by atoms with Crippen LogP contribution in [0.15, 0.2) is 58.2 Å². The lowest BCUT2D eigenvalue weighted by atomic mass is 9.94. The summed E-state index contributed by atoms with van der Waals surface area (Å²) >= 11 is 47.8. The fraction of sp³-hybridized carbons (Fsp3) is 0.0769. The van der Waals surface area contributed by atoms with E-state index in [1.165, 1.54) is 4.40 Å². The first kappa shape index (κ1) is 28.4. The molecule has 7 aromatic rings. The van der Waals surface area contributed by atoms with Crippen molar-refractivity contribution in [1.29, 1.82) is 0 Å². The van der Waals surface area contributed by atoms with E-state index in [2.05, 4.69) is 37.9 Å². The Morgan fingerprint density at radius 3 is 1.75 bits per heavy atom. The summed E-state index contributed by atoms with van der Waals surface area (Å²) in [5, 5.41) is 3.65. The van der Waals surface area contributed by atoms with Crippen molar-refractivity contribution >= 4 is 186 Å². The molecule has 3 heterocycles. The highest BCUT2D eigenvalue weighted by Gasteiger charge is 2.30. The molecule has 0 amide bonds. The standard InChI is InChI=1S/C26H16N2O2S10/c1-3-4(2)16(32)14-8(15(3)31)7-6-5-9(18(34)22(38)13(6)30-14)25-27-11-12(21(37)24(40)23(39)20(11)36)28(25)26(29)10(5)19(35)17(7)33/h31-40H,1-2H3. The van der Waals surface area contributed by atoms with Crippen LogP contribution in [0.4, 0.5) is 0 Å². The molecule has 7 rings (SSSR count). The number of fused-ring (bicyclic) bond motifs is 6. The molecule has 4 aromatic carbocycles. The summed E-state index contributed by atoms with van der Waals surface area (Å²) in [5.74, 6) is 0. The lowest BCUT2D eigenvalue weighted by Gasteiger charge is -2.21. The van der Waals surface area contributed by atoms with Gasteiger partial charge >= 0.3 is 0 Å². The van der Waals surface area contributed by atoms with Crippen molar-refractivity contribution < 1.29 is 4.42 Å². The normalized spacial score (nSPS) is 12.6. The maximum Gasteiger partial charge on any atom is 0.265 e. The van der Waals surface area contributed by atoms with Gasteiger partial charge in [0.1, 0.15) is 16.7 Å². The average molecular weight is 709 g/mol. The molecule has 40 heavy (non-hydrogen) atoms. The molecule has 0 saturated carbocycles. The van der Waals surface area contributed by atoms with Gasteiger partial charge in [-0.15, -0.1) is 126 Å². The molecule has 3 aromatic heterocycles. The first-order valence-corrected chi connectivity index (χ1v) is 15.9. The van der Waals surface area contributed by atoms with E-state index in [4.69, 9.17) is 97.8 Å². The highest BCUT2D eigenvalue weighted by Crippen LogP contribution is 2.52. The largest absolute Gasteiger partial charge is 0.454 e. The van der Waals surface area contributed by atoms with Crippen LogP contribution in [0.2, 0.25) is 0 Å². The molecule has 0 spiro atoms. The number of nitrogens with zero attached hydrogens (tertiary/aromatic N) is 2. The molecule has 0 saturated heterocycles. The number of imidazole rings is 1. The summed E-state index contributed by atoms with van der Waals surface area (Å²) in [7, 11) is 0. The summed E-state index contributed by atoms with van der Waals surface area (Å²) in [4.78, 5) is 24.5. The van der Waals surface area contributed by atoms with Crippen LogP contribution >= 0.6 is 126 Å². The van der Waals surface area contributed by atoms with Crippen LogP contribution in [-0.4, -0.2) is 9.38 Å². The number of pyridine rings is 1. The summed E-state index contributed by atoms with van der Waals surface area (Å²) in [5.41, 5.74) is 3.83. The van der Waals surface area contributed by atoms with E-state index in [1.807, 2.05) is 13.8 Å². The van der Waals surface area contributed by atoms with Gasteiger partial charge in [-0.05, 0) is 25.0 Å². The molecule has 14 heteroatoms. The fourth-order valence-corrected chi connectivity index (χ4v) is 8.67. The lowest BCUT2D eigenvalue weighted by molar-refractivity contribution is 0.641. The number of rotatable bonds is 0. The van der Waals surface area contributed by atoms with Gasteiger partial charge in [0.25, 0.3) is 5.56 Å². The van der Waals surface area contributed by atoms with Crippen LogP contribution < -0.4 is 5.56 Å². The van der Waals surface area contributed by atoms with Gasteiger partial charge in [-0.2, -0.15) is 0 Å². The van der Waals surface area contributed by atoms with E-state index in [9.17, 15) is 4.79 Å². The summed E-state index contributed by atoms with van der Waals surface area (Å²) in [6.07, 6.45) is 0. The highest BCUT2D eigenvalue weighted by atomic mass is 32.1. The van der Waals surface area contributed by atoms with Gasteiger partial charge < -0.3 is 4.42 Å². The second-order valence-electron chi connectivity index (χ2n) is 9.52. The Hall–Kier alpha value is -0.420. The van der Waals surface area contributed by atoms with Crippen molar-refractivity contribution in [3.8, 4) is 0 Å². The van der Waals surface area contributed by atoms with Gasteiger partial charge in [0, 0.05) is 66.1 Å². The monoisotopic (exact) mass is 708 g/mol. The molecule has 0 aliphatic rings. The maximum atomic E-state index is 14.4. The minimum atomic E-state index is -0.350. The fourth-order valence-electron chi connectivity index (χ4n) is 5.53. The van der Waals surface area contributed by atoms with Crippen LogP contribution in [-0.2, 0) is 0 Å². The van der Waals surface area contributed by atoms with Crippen molar-refractivity contribution in [3.63, 3.8) is 0 Å². The van der Waals surface area contributed by atoms with E-state index in [0.717, 1.165) is 26.8 Å². The smallest absolute Gasteiger partial charge is 0.265 e. The van der Waals surface area contributed by atoms with Gasteiger partial charge in [-0.3, -0.25) is 9.20 Å². The van der Waals surface area contributed by atoms with Crippen molar-refractivity contribution in [1.82, 2.24) is 9.38 Å². The third kappa shape index (κ3) is 3.29. The third-order valence-electron chi connectivity index (χ3n) is 7.65. The van der Waals surface area contributed by atoms with Crippen LogP contribution in [0.1, 0.15) is 11.1 Å². The molecule has 0 atom stereocenters. The van der Waals surface area contributed by atoms with E-state index < -0.39 is 0 Å². The lowest BCUT2D eigenvalue weighted by Crippen LogP contribution is -2.15. The zero-order chi connectivity index (χ0) is 28.8. The molecular formula is C26H16N2O2S10. The Morgan fingerprint density at radius 1 is 0.525 bits per heavy atom. The molecule has 0 aliphatic carbocycles. The number of hydrogen-bond acceptors (Lipinski definition) is 13. The van der Waals surface area contributed by atoms with Crippen LogP contribution in [0.5, 0.6) is 0 Å². The number of aromatic nitrogens is 2. The molecule has 0 bridgehead atoms. The Kier molecular flexibility index (Phi) is 6.59. The molecule has 202 valence electrons. The van der Waals surface area contributed by atoms with E-state index in [0.29, 0.717) is 93.5 Å². The molecule has 4 nitrogen and oxygen atoms in total. The maximum absolute atomic E-state index is 14.4. The van der Waals surface area contributed by atoms with Crippen molar-refractivity contribution in [2.45, 2.75) is 62.8 Å². The van der Waals surface area contributed by atoms with E-state index in [-0.39, 0.29) is 5.56 Å². The zero-order valence-corrected chi connectivity index (χ0v) is 29.1. The van der Waals surface area contributed by atoms with Gasteiger partial charge in [0.05, 0.1) is 20.7 Å². The predicted octanol–water partition coefficient (Wildman–Crippen LogP) is 9.00. The Morgan fingerprint density at radius 2 is 1.07 bits per heavy atom. The quantitative estimate of drug-likeness (QED) is 0.0445. The first-order valence-electron chi connectivity index (χ1n) is 11.5. The van der Waals surface area contributed by atoms with Gasteiger partial charge in [-0.25, -0.2) is 4.98 Å². The Balaban J connectivity index is 1.93. The molecule has 0 N–H and O–H groups in total. The predicted molar refractivity (Wildman–Crippen MR) is 194 cm³/mol. The Labute approximate surface area is 281 Å². The van der Waals surface area contributed by atoms with Crippen molar-refractivity contribution in [3.05, 3.63) is 21.5 Å². The van der Waals surface area contributed by atoms with Crippen molar-refractivity contribution in [2.75, 3.05) is 0 Å². The van der Waals surface area contributed by atoms with Crippen LogP contribution in [0.3, 0.4) is 0 Å². The summed E-state index contributed by atoms with van der Waals surface area (Å²) < 4.78 is 8.05. The first-order chi connectivity index (χ1) is 18.8. The molecular weight excluding hydrogens is 693 g/mol. The molecule has 0 fully saturated rings. The topological polar surface area (TPSA) is 47.5 Å². The second-order valence-corrected chi connectivity index (χ2v) is 14.0. The van der Waals surface area contributed by atoms with Crippen LogP contribution in [0.25, 0.3) is 60.2 Å². The SMILES string of the molecule is Cc1c(C)c(S)c2c(oc3c(S)c(S)c4c5c(c(S)c(S)c2c35)c(=O)n2c4nc3c(S)c(S)c(S)c(S)c32)c1S. The van der Waals surface area contributed by atoms with Crippen LogP contribution in [0, 0.1) is 13.8 Å². The Bertz CT molecular complexity index is 2430. The highest BCUT2D eigenvalue weighted by molar-refractivity contribution is 7.86. The number of hydrogen-bond donors (Lipinski definition) is 10. The molecule has 0 radical (unpaired) electrons. The van der Waals surface area contributed by atoms with Gasteiger partial charge in [0.15, 0.2) is 5.58 Å². The third-order valence-corrected chi connectivity index (χ3v) is 13.2. The minimum absolute atomic E-state index is 0.338. The molecule has 0 aliphatic heterocycles. The van der Waals surface area contributed by atoms with Crippen molar-refractivity contribution in [2.24, 2.45) is 0 Å². The van der Waals surface area contributed by atoms with E-state index in [1.54, 1.807) is 0 Å². The number of benzene rings is 4. The van der Waals surface area contributed by atoms with Gasteiger partial charge in [0.2, 0.25) is 0 Å². The average Bonchev–Trinajstić information content (AvgIpc) is 3.34. The second kappa shape index (κ2) is 9.29. The van der Waals surface area contributed by atoms with Gasteiger partial charge in [-0.1, -0.05) is 0 Å². The zero-order valence-electron chi connectivity index (χ0n) is 20.2. The van der Waals surface area contributed by atoms with E-state index >= 15 is 0 Å². The summed E-state index contributed by atoms with van der Waals surface area (Å²) in [6, 6.07) is 0. The molecule has 0 unspecified atom stereocenters. The minimum Gasteiger partial charge on any atom is -0.454 e. The summed E-state index contributed by atoms with van der Waals surface area (Å²) in [6.45, 7) is 3.95. The number of thiol groups is 10.